The van der Waals surface area contributed by atoms with E-state index in [1.807, 2.05) is 30.3 Å². The molecule has 2 atom stereocenters. The van der Waals surface area contributed by atoms with Gasteiger partial charge in [-0.1, -0.05) is 42.5 Å². The number of aliphatic hydroxyl groups excluding tert-OH is 1. The van der Waals surface area contributed by atoms with Crippen molar-refractivity contribution < 1.29 is 14.9 Å². The molecule has 2 unspecified atom stereocenters. The quantitative estimate of drug-likeness (QED) is 0.869. The highest BCUT2D eigenvalue weighted by Crippen LogP contribution is 2.28. The van der Waals surface area contributed by atoms with Gasteiger partial charge in [-0.15, -0.1) is 0 Å². The van der Waals surface area contributed by atoms with Crippen LogP contribution in [0.1, 0.15) is 18.6 Å². The molecule has 0 amide bonds. The van der Waals surface area contributed by atoms with Crippen LogP contribution in [0.5, 0.6) is 11.5 Å². The van der Waals surface area contributed by atoms with Gasteiger partial charge in [-0.2, -0.15) is 0 Å². The van der Waals surface area contributed by atoms with Gasteiger partial charge in [0.25, 0.3) is 0 Å². The van der Waals surface area contributed by atoms with Crippen molar-refractivity contribution >= 4 is 0 Å². The molecule has 94 valence electrons. The number of rotatable bonds is 4. The van der Waals surface area contributed by atoms with Gasteiger partial charge in [0.15, 0.2) is 11.5 Å². The molecule has 18 heavy (non-hydrogen) atoms. The van der Waals surface area contributed by atoms with E-state index >= 15 is 0 Å². The maximum absolute atomic E-state index is 10.1. The van der Waals surface area contributed by atoms with Gasteiger partial charge in [-0.05, 0) is 24.6 Å². The van der Waals surface area contributed by atoms with E-state index < -0.39 is 12.2 Å². The lowest BCUT2D eigenvalue weighted by Crippen LogP contribution is -2.21. The first-order valence-electron chi connectivity index (χ1n) is 5.86. The summed E-state index contributed by atoms with van der Waals surface area (Å²) in [6.45, 7) is 1.77. The molecule has 0 saturated heterocycles. The predicted octanol–water partition coefficient (Wildman–Crippen LogP) is 2.89. The average molecular weight is 244 g/mol. The van der Waals surface area contributed by atoms with E-state index in [1.54, 1.807) is 31.2 Å². The van der Waals surface area contributed by atoms with Crippen LogP contribution in [0.25, 0.3) is 0 Å². The van der Waals surface area contributed by atoms with E-state index in [0.29, 0.717) is 5.75 Å². The van der Waals surface area contributed by atoms with Crippen molar-refractivity contribution in [3.05, 3.63) is 60.2 Å². The van der Waals surface area contributed by atoms with Crippen LogP contribution in [0.4, 0.5) is 0 Å². The Morgan fingerprint density at radius 1 is 0.944 bits per heavy atom. The van der Waals surface area contributed by atoms with E-state index in [-0.39, 0.29) is 5.75 Å². The molecule has 2 aromatic carbocycles. The molecule has 2 rings (SSSR count). The Balaban J connectivity index is 2.09. The third-order valence-corrected chi connectivity index (χ3v) is 2.76. The maximum atomic E-state index is 10.1. The van der Waals surface area contributed by atoms with E-state index in [9.17, 15) is 10.2 Å². The second-order valence-electron chi connectivity index (χ2n) is 4.15. The molecule has 0 heterocycles. The third-order valence-electron chi connectivity index (χ3n) is 2.76. The molecule has 2 aromatic rings. The van der Waals surface area contributed by atoms with Crippen molar-refractivity contribution in [3.8, 4) is 11.5 Å². The first-order chi connectivity index (χ1) is 8.68. The number of aromatic hydroxyl groups is 1. The van der Waals surface area contributed by atoms with Crippen molar-refractivity contribution in [2.45, 2.75) is 19.1 Å². The van der Waals surface area contributed by atoms with Crippen LogP contribution in [0.3, 0.4) is 0 Å². The van der Waals surface area contributed by atoms with Gasteiger partial charge < -0.3 is 14.9 Å². The SMILES string of the molecule is CC(Oc1ccccc1O)C(O)c1ccccc1. The summed E-state index contributed by atoms with van der Waals surface area (Å²) in [6.07, 6.45) is -1.17. The number of phenols is 1. The number of hydrogen-bond acceptors (Lipinski definition) is 3. The summed E-state index contributed by atoms with van der Waals surface area (Å²) in [4.78, 5) is 0. The molecule has 0 saturated carbocycles. The zero-order valence-electron chi connectivity index (χ0n) is 10.2. The molecule has 0 fully saturated rings. The second kappa shape index (κ2) is 5.56. The minimum Gasteiger partial charge on any atom is -0.504 e. The largest absolute Gasteiger partial charge is 0.504 e. The number of ether oxygens (including phenoxy) is 1. The molecule has 0 aliphatic carbocycles. The van der Waals surface area contributed by atoms with Crippen LogP contribution in [0.2, 0.25) is 0 Å². The summed E-state index contributed by atoms with van der Waals surface area (Å²) in [5.41, 5.74) is 0.792. The van der Waals surface area contributed by atoms with Crippen molar-refractivity contribution in [2.75, 3.05) is 0 Å². The Labute approximate surface area is 106 Å². The van der Waals surface area contributed by atoms with E-state index in [0.717, 1.165) is 5.56 Å². The molecule has 0 aromatic heterocycles. The number of aliphatic hydroxyl groups is 1. The number of phenolic OH excluding ortho intramolecular Hbond substituents is 1. The highest BCUT2D eigenvalue weighted by Gasteiger charge is 2.18. The number of benzene rings is 2. The van der Waals surface area contributed by atoms with Crippen molar-refractivity contribution in [1.82, 2.24) is 0 Å². The van der Waals surface area contributed by atoms with Crippen molar-refractivity contribution in [1.29, 1.82) is 0 Å². The normalized spacial score (nSPS) is 13.9. The van der Waals surface area contributed by atoms with Gasteiger partial charge in [-0.25, -0.2) is 0 Å². The first-order valence-corrected chi connectivity index (χ1v) is 5.86. The molecule has 3 nitrogen and oxygen atoms in total. The Hall–Kier alpha value is -2.00. The molecule has 0 aliphatic rings. The van der Waals surface area contributed by atoms with Crippen LogP contribution >= 0.6 is 0 Å². The first kappa shape index (κ1) is 12.5. The fourth-order valence-electron chi connectivity index (χ4n) is 1.74. The molecular weight excluding hydrogens is 228 g/mol. The molecule has 0 aliphatic heterocycles. The fourth-order valence-corrected chi connectivity index (χ4v) is 1.74. The summed E-state index contributed by atoms with van der Waals surface area (Å²) in [7, 11) is 0. The highest BCUT2D eigenvalue weighted by atomic mass is 16.5. The van der Waals surface area contributed by atoms with Crippen molar-refractivity contribution in [2.24, 2.45) is 0 Å². The van der Waals surface area contributed by atoms with Crippen LogP contribution in [-0.2, 0) is 0 Å². The number of para-hydroxylation sites is 2. The molecule has 2 N–H and O–H groups in total. The van der Waals surface area contributed by atoms with Gasteiger partial charge >= 0.3 is 0 Å². The minimum absolute atomic E-state index is 0.0737. The maximum Gasteiger partial charge on any atom is 0.161 e. The molecule has 3 heteroatoms. The second-order valence-corrected chi connectivity index (χ2v) is 4.15. The predicted molar refractivity (Wildman–Crippen MR) is 69.6 cm³/mol. The molecular formula is C15H16O3. The van der Waals surface area contributed by atoms with Gasteiger partial charge in [0.05, 0.1) is 0 Å². The summed E-state index contributed by atoms with van der Waals surface area (Å²) < 4.78 is 5.56. The van der Waals surface area contributed by atoms with E-state index in [1.165, 1.54) is 0 Å². The van der Waals surface area contributed by atoms with Gasteiger partial charge in [0.2, 0.25) is 0 Å². The van der Waals surface area contributed by atoms with Crippen molar-refractivity contribution in [3.63, 3.8) is 0 Å². The Morgan fingerprint density at radius 3 is 2.22 bits per heavy atom. The molecule has 0 bridgehead atoms. The number of hydrogen-bond donors (Lipinski definition) is 2. The molecule has 0 spiro atoms. The Kier molecular flexibility index (Phi) is 3.85. The zero-order chi connectivity index (χ0) is 13.0. The van der Waals surface area contributed by atoms with E-state index in [2.05, 4.69) is 0 Å². The van der Waals surface area contributed by atoms with Gasteiger partial charge in [-0.3, -0.25) is 0 Å². The van der Waals surface area contributed by atoms with Crippen LogP contribution < -0.4 is 4.74 Å². The summed E-state index contributed by atoms with van der Waals surface area (Å²) >= 11 is 0. The Morgan fingerprint density at radius 2 is 1.56 bits per heavy atom. The van der Waals surface area contributed by atoms with Crippen LogP contribution in [0.15, 0.2) is 54.6 Å². The summed E-state index contributed by atoms with van der Waals surface area (Å²) in [6, 6.07) is 16.0. The lowest BCUT2D eigenvalue weighted by atomic mass is 10.1. The smallest absolute Gasteiger partial charge is 0.161 e. The third kappa shape index (κ3) is 2.81. The fraction of sp³-hybridized carbons (Fsp3) is 0.200. The monoisotopic (exact) mass is 244 g/mol. The highest BCUT2D eigenvalue weighted by molar-refractivity contribution is 5.38. The summed E-state index contributed by atoms with van der Waals surface area (Å²) in [5.74, 6) is 0.449. The summed E-state index contributed by atoms with van der Waals surface area (Å²) in [5, 5.41) is 19.7. The zero-order valence-corrected chi connectivity index (χ0v) is 10.2. The van der Waals surface area contributed by atoms with Crippen LogP contribution in [-0.4, -0.2) is 16.3 Å². The standard InChI is InChI=1S/C15H16O3/c1-11(15(17)12-7-3-2-4-8-12)18-14-10-6-5-9-13(14)16/h2-11,15-17H,1H3. The van der Waals surface area contributed by atoms with E-state index in [4.69, 9.17) is 4.74 Å². The lowest BCUT2D eigenvalue weighted by Gasteiger charge is -2.21. The average Bonchev–Trinajstić information content (AvgIpc) is 2.41. The Bertz CT molecular complexity index is 496. The minimum atomic E-state index is -0.731. The van der Waals surface area contributed by atoms with Gasteiger partial charge in [0.1, 0.15) is 12.2 Å². The van der Waals surface area contributed by atoms with Crippen LogP contribution in [0, 0.1) is 0 Å². The topological polar surface area (TPSA) is 49.7 Å². The molecule has 0 radical (unpaired) electrons. The lowest BCUT2D eigenvalue weighted by molar-refractivity contribution is 0.0452. The van der Waals surface area contributed by atoms with Gasteiger partial charge in [0, 0.05) is 0 Å².